The van der Waals surface area contributed by atoms with Crippen LogP contribution in [-0.2, 0) is 36.7 Å². The highest BCUT2D eigenvalue weighted by Crippen LogP contribution is 2.32. The third-order valence-electron chi connectivity index (χ3n) is 6.92. The molecule has 3 aromatic carbocycles. The second kappa shape index (κ2) is 16.4. The predicted molar refractivity (Wildman–Crippen MR) is 180 cm³/mol. The lowest BCUT2D eigenvalue weighted by atomic mass is 10.1. The Morgan fingerprint density at radius 3 is 2.33 bits per heavy atom. The normalized spacial score (nSPS) is 12.3. The Hall–Kier alpha value is -5.65. The lowest BCUT2D eigenvalue weighted by Crippen LogP contribution is -2.26. The van der Waals surface area contributed by atoms with Gasteiger partial charge < -0.3 is 26.0 Å². The van der Waals surface area contributed by atoms with E-state index in [9.17, 15) is 36.2 Å². The number of hydrogen-bond donors (Lipinski definition) is 4. The summed E-state index contributed by atoms with van der Waals surface area (Å²) in [6, 6.07) is 11.6. The second-order valence-electron chi connectivity index (χ2n) is 10.8. The molecule has 0 bridgehead atoms. The zero-order valence-electron chi connectivity index (χ0n) is 27.4. The van der Waals surface area contributed by atoms with E-state index in [4.69, 9.17) is 4.74 Å². The Kier molecular flexibility index (Phi) is 12.2. The van der Waals surface area contributed by atoms with Gasteiger partial charge in [0.15, 0.2) is 0 Å². The van der Waals surface area contributed by atoms with E-state index in [1.807, 2.05) is 0 Å². The Bertz CT molecular complexity index is 2050. The summed E-state index contributed by atoms with van der Waals surface area (Å²) < 4.78 is 89.8. The van der Waals surface area contributed by atoms with Crippen molar-refractivity contribution >= 4 is 50.8 Å². The van der Waals surface area contributed by atoms with Crippen molar-refractivity contribution in [1.29, 1.82) is 0 Å². The molecule has 0 saturated heterocycles. The van der Waals surface area contributed by atoms with E-state index in [1.54, 1.807) is 19.1 Å². The number of alkyl halides is 3. The lowest BCUT2D eigenvalue weighted by molar-refractivity contribution is -0.137. The van der Waals surface area contributed by atoms with Crippen LogP contribution in [0.3, 0.4) is 0 Å². The lowest BCUT2D eigenvalue weighted by Gasteiger charge is -2.15. The van der Waals surface area contributed by atoms with E-state index in [0.717, 1.165) is 6.07 Å². The number of carbonyl (C=O) groups excluding carboxylic acids is 3. The van der Waals surface area contributed by atoms with Crippen molar-refractivity contribution in [3.8, 4) is 11.1 Å². The fourth-order valence-corrected chi connectivity index (χ4v) is 5.59. The number of anilines is 4. The summed E-state index contributed by atoms with van der Waals surface area (Å²) >= 11 is 0. The van der Waals surface area contributed by atoms with Gasteiger partial charge >= 0.3 is 12.3 Å². The van der Waals surface area contributed by atoms with Gasteiger partial charge in [-0.3, -0.25) is 9.59 Å². The molecular formula is C33H32F5N7O5S. The number of ether oxygens (including phenoxy) is 1. The van der Waals surface area contributed by atoms with Crippen LogP contribution in [0, 0.1) is 11.6 Å². The number of rotatable bonds is 12. The number of aromatic nitrogens is 2. The Morgan fingerprint density at radius 1 is 0.961 bits per heavy atom. The number of carbonyl (C=O) groups is 3. The molecule has 0 radical (unpaired) electrons. The molecule has 3 amide bonds. The summed E-state index contributed by atoms with van der Waals surface area (Å²) in [5.41, 5.74) is -0.853. The topological polar surface area (TPSA) is 164 Å². The van der Waals surface area contributed by atoms with Crippen molar-refractivity contribution in [2.24, 2.45) is 4.36 Å². The maximum atomic E-state index is 15.2. The van der Waals surface area contributed by atoms with Crippen LogP contribution in [0.25, 0.3) is 11.1 Å². The molecule has 0 fully saturated rings. The summed E-state index contributed by atoms with van der Waals surface area (Å²) in [5.74, 6) is -2.78. The van der Waals surface area contributed by atoms with Crippen molar-refractivity contribution in [2.75, 3.05) is 41.9 Å². The smallest absolute Gasteiger partial charge is 0.442 e. The van der Waals surface area contributed by atoms with Crippen LogP contribution in [-0.4, -0.2) is 58.0 Å². The van der Waals surface area contributed by atoms with Gasteiger partial charge in [0.05, 0.1) is 34.0 Å². The molecule has 0 saturated carbocycles. The predicted octanol–water partition coefficient (Wildman–Crippen LogP) is 6.53. The molecule has 1 aromatic heterocycles. The van der Waals surface area contributed by atoms with E-state index in [0.29, 0.717) is 29.4 Å². The zero-order valence-corrected chi connectivity index (χ0v) is 28.2. The Morgan fingerprint density at radius 2 is 1.69 bits per heavy atom. The summed E-state index contributed by atoms with van der Waals surface area (Å²) in [7, 11) is -3.07. The van der Waals surface area contributed by atoms with Crippen LogP contribution in [0.1, 0.15) is 25.0 Å². The monoisotopic (exact) mass is 733 g/mol. The molecule has 4 N–H and O–H groups in total. The van der Waals surface area contributed by atoms with Crippen molar-refractivity contribution in [1.82, 2.24) is 15.3 Å². The number of hydrogen-bond acceptors (Lipinski definition) is 9. The third kappa shape index (κ3) is 10.7. The Labute approximate surface area is 289 Å². The first kappa shape index (κ1) is 38.2. The molecule has 0 aliphatic heterocycles. The van der Waals surface area contributed by atoms with Crippen molar-refractivity contribution in [3.63, 3.8) is 0 Å². The molecule has 270 valence electrons. The minimum absolute atomic E-state index is 0.0837. The number of nitrogens with one attached hydrogen (secondary N) is 4. The van der Waals surface area contributed by atoms with Gasteiger partial charge in [-0.2, -0.15) is 18.2 Å². The summed E-state index contributed by atoms with van der Waals surface area (Å²) in [4.78, 5) is 44.7. The van der Waals surface area contributed by atoms with Gasteiger partial charge in [-0.15, -0.1) is 4.36 Å². The van der Waals surface area contributed by atoms with Crippen LogP contribution >= 0.6 is 0 Å². The molecule has 18 heteroatoms. The summed E-state index contributed by atoms with van der Waals surface area (Å²) in [6.45, 7) is 3.48. The SMILES string of the molecule is CCOC(=O)N=S(C)(=O)c1ccc(Nc2ncc(-c3ccc(NC(=O)Cc4cc(C(F)(F)F)ccc4F)c(F)c3)c(NCCNC(C)=O)n2)cc1. The average molecular weight is 734 g/mol. The molecule has 1 unspecified atom stereocenters. The molecule has 4 rings (SSSR count). The first-order valence-electron chi connectivity index (χ1n) is 15.1. The quantitative estimate of drug-likeness (QED) is 0.0937. The van der Waals surface area contributed by atoms with Crippen LogP contribution in [0.2, 0.25) is 0 Å². The minimum Gasteiger partial charge on any atom is -0.448 e. The molecule has 51 heavy (non-hydrogen) atoms. The summed E-state index contributed by atoms with van der Waals surface area (Å²) in [6.07, 6.45) is -3.76. The van der Waals surface area contributed by atoms with Crippen molar-refractivity contribution in [3.05, 3.63) is 89.6 Å². The maximum absolute atomic E-state index is 15.2. The highest BCUT2D eigenvalue weighted by molar-refractivity contribution is 7.93. The number of benzene rings is 3. The molecule has 12 nitrogen and oxygen atoms in total. The molecule has 0 aliphatic carbocycles. The number of halogens is 5. The van der Waals surface area contributed by atoms with Gasteiger partial charge in [-0.25, -0.2) is 22.8 Å². The van der Waals surface area contributed by atoms with Gasteiger partial charge in [0.25, 0.3) is 0 Å². The number of amides is 3. The van der Waals surface area contributed by atoms with Gasteiger partial charge in [-0.1, -0.05) is 6.07 Å². The van der Waals surface area contributed by atoms with E-state index < -0.39 is 57.1 Å². The fourth-order valence-electron chi connectivity index (χ4n) is 4.51. The van der Waals surface area contributed by atoms with Gasteiger partial charge in [-0.05, 0) is 72.6 Å². The number of nitrogens with zero attached hydrogens (tertiary/aromatic N) is 3. The molecule has 0 aliphatic rings. The molecule has 0 spiro atoms. The molecular weight excluding hydrogens is 701 g/mol. The second-order valence-corrected chi connectivity index (χ2v) is 13.1. The van der Waals surface area contributed by atoms with Crippen LogP contribution in [0.5, 0.6) is 0 Å². The van der Waals surface area contributed by atoms with Gasteiger partial charge in [0.2, 0.25) is 17.8 Å². The largest absolute Gasteiger partial charge is 0.448 e. The van der Waals surface area contributed by atoms with E-state index >= 15 is 4.39 Å². The molecule has 1 atom stereocenters. The first-order chi connectivity index (χ1) is 24.0. The van der Waals surface area contributed by atoms with E-state index in [1.165, 1.54) is 43.6 Å². The van der Waals surface area contributed by atoms with Crippen molar-refractivity contribution in [2.45, 2.75) is 31.3 Å². The molecule has 1 heterocycles. The van der Waals surface area contributed by atoms with E-state index in [-0.39, 0.29) is 53.5 Å². The standard InChI is InChI=1S/C33H32F5N7O5S/c1-4-50-32(48)45-51(3,49)24-9-7-23(8-10-24)42-31-41-18-25(30(44-31)40-14-13-39-19(2)46)20-5-12-28(27(35)16-20)43-29(47)17-21-15-22(33(36,37)38)6-11-26(21)34/h5-12,15-16,18H,4,13-14,17H2,1-3H3,(H,39,46)(H,43,47)(H2,40,41,42,44). The van der Waals surface area contributed by atoms with Crippen LogP contribution in [0.4, 0.5) is 49.9 Å². The summed E-state index contributed by atoms with van der Waals surface area (Å²) in [5, 5.41) is 10.9. The van der Waals surface area contributed by atoms with Crippen LogP contribution in [0.15, 0.2) is 76.1 Å². The van der Waals surface area contributed by atoms with Crippen LogP contribution < -0.4 is 21.3 Å². The van der Waals surface area contributed by atoms with E-state index in [2.05, 4.69) is 35.6 Å². The average Bonchev–Trinajstić information content (AvgIpc) is 3.05. The highest BCUT2D eigenvalue weighted by atomic mass is 32.2. The third-order valence-corrected chi connectivity index (χ3v) is 8.57. The minimum atomic E-state index is -4.74. The highest BCUT2D eigenvalue weighted by Gasteiger charge is 2.31. The zero-order chi connectivity index (χ0) is 37.3. The molecule has 4 aromatic rings. The van der Waals surface area contributed by atoms with Gasteiger partial charge in [0, 0.05) is 48.6 Å². The first-order valence-corrected chi connectivity index (χ1v) is 17.0. The Balaban J connectivity index is 1.54. The fraction of sp³-hybridized carbons (Fsp3) is 0.242. The maximum Gasteiger partial charge on any atom is 0.442 e. The van der Waals surface area contributed by atoms with Gasteiger partial charge in [0.1, 0.15) is 17.5 Å². The van der Waals surface area contributed by atoms with Crippen molar-refractivity contribution < 1.29 is 45.3 Å².